The molecule has 28 nitrogen and oxygen atoms in total. The second-order valence-corrected chi connectivity index (χ2v) is 37.4. The van der Waals surface area contributed by atoms with Crippen LogP contribution in [-0.4, -0.2) is 175 Å². The second kappa shape index (κ2) is 37.5. The highest BCUT2D eigenvalue weighted by Gasteiger charge is 2.34. The predicted octanol–water partition coefficient (Wildman–Crippen LogP) is 12.8. The zero-order valence-electron chi connectivity index (χ0n) is 64.5. The fraction of sp³-hybridized carbons (Fsp3) is 0.325. The van der Waals surface area contributed by atoms with Gasteiger partial charge in [-0.3, -0.25) is 18.3 Å². The van der Waals surface area contributed by atoms with Crippen LogP contribution in [0.3, 0.4) is 0 Å². The van der Waals surface area contributed by atoms with Crippen molar-refractivity contribution in [2.75, 3.05) is 103 Å². The normalized spacial score (nSPS) is 13.0. The molecule has 12 aromatic rings. The van der Waals surface area contributed by atoms with Gasteiger partial charge < -0.3 is 57.8 Å². The van der Waals surface area contributed by atoms with Gasteiger partial charge in [-0.15, -0.1) is 0 Å². The fourth-order valence-electron chi connectivity index (χ4n) is 13.0. The molecule has 8 aromatic carbocycles. The van der Waals surface area contributed by atoms with Gasteiger partial charge in [0.2, 0.25) is 0 Å². The van der Waals surface area contributed by atoms with Crippen LogP contribution in [-0.2, 0) is 45.5 Å². The number of fused-ring (bicyclic) bond motifs is 4. The number of halogens is 7. The van der Waals surface area contributed by atoms with Gasteiger partial charge in [0.15, 0.2) is 46.0 Å². The summed E-state index contributed by atoms with van der Waals surface area (Å²) in [6, 6.07) is 32.5. The lowest BCUT2D eigenvalue weighted by molar-refractivity contribution is -0.137. The molecule has 0 fully saturated rings. The van der Waals surface area contributed by atoms with E-state index in [1.54, 1.807) is 123 Å². The molecule has 0 saturated carbocycles. The number of aromatic amines is 4. The average molecular weight is 1840 g/mol. The molecular weight excluding hydrogens is 1760 g/mol. The van der Waals surface area contributed by atoms with Crippen molar-refractivity contribution in [2.24, 2.45) is 0 Å². The van der Waals surface area contributed by atoms with E-state index in [4.69, 9.17) is 49.5 Å². The first-order chi connectivity index (χ1) is 54.5. The molecule has 4 atom stereocenters. The van der Waals surface area contributed by atoms with Crippen molar-refractivity contribution in [1.82, 2.24) is 38.2 Å². The number of nitrogens with zero attached hydrogens (tertiary/aromatic N) is 4. The maximum atomic E-state index is 14.7. The van der Waals surface area contributed by atoms with Crippen molar-refractivity contribution in [3.05, 3.63) is 229 Å². The van der Waals surface area contributed by atoms with Crippen molar-refractivity contribution in [3.8, 4) is 46.0 Å². The number of ether oxygens (including phenoxy) is 8. The summed E-state index contributed by atoms with van der Waals surface area (Å²) in [4.78, 5) is 61.4. The average Bonchev–Trinajstić information content (AvgIpc) is 1.72. The first kappa shape index (κ1) is 89.9. The zero-order chi connectivity index (χ0) is 85.3. The van der Waals surface area contributed by atoms with Crippen LogP contribution in [0, 0.1) is 5.82 Å². The molecule has 624 valence electrons. The smallest absolute Gasteiger partial charge is 0.416 e. The molecule has 4 unspecified atom stereocenters. The van der Waals surface area contributed by atoms with Crippen LogP contribution in [0.1, 0.15) is 79.7 Å². The first-order valence-corrected chi connectivity index (χ1v) is 45.4. The van der Waals surface area contributed by atoms with E-state index in [1.165, 1.54) is 43.6 Å². The lowest BCUT2D eigenvalue weighted by Gasteiger charge is -2.20. The number of H-pyrrole nitrogens is 4. The molecular formula is C77H83Br2ClF4N8O20S4. The molecule has 4 N–H and O–H groups in total. The number of benzene rings is 8. The third-order valence-corrected chi connectivity index (χ3v) is 22.6. The van der Waals surface area contributed by atoms with E-state index >= 15 is 0 Å². The lowest BCUT2D eigenvalue weighted by Crippen LogP contribution is -2.28. The predicted molar refractivity (Wildman–Crippen MR) is 444 cm³/mol. The minimum absolute atomic E-state index is 0.000581. The molecule has 4 heterocycles. The standard InChI is InChI=1S/C20H21F3N2O5S.C19H20BrFN2O5S.C19H21BrN2O5S.C19H21ClN2O5S/c1-4-30-18-9-12(5-8-17(18)29-2)16(11-31(3,27)28)25-15-7-6-13(20(21,22)23)10-14(15)24-19(25)26;1-4-28-17-7-11(5-6-16(17)27-2)15(10-29(3,25)26)23-18-13(21)8-12(20)9-14(18)22-19(23)24;2*1-4-27-18-9-12(5-8-17(18)26-2)16(11-28(3,24)25)22-15-7-6-13(20)10-14(15)21-19(22)23/h5-10,16H,4,11H2,1-3H3,(H,24,26);5-9,15H,4,10H2,1-3H3,(H,22,24);2*5-10,16H,4,11H2,1-3H3,(H,21,23). The SMILES string of the molecule is CCOc1cc(C(CS(C)(=O)=O)n2c(=O)[nH]c3cc(Br)cc(F)c32)ccc1OC.CCOc1cc(C(CS(C)(=O)=O)n2c(=O)[nH]c3cc(Br)ccc32)ccc1OC.CCOc1cc(C(CS(C)(=O)=O)n2c(=O)[nH]c3cc(C(F)(F)F)ccc32)ccc1OC.CCOc1cc(C(CS(C)(=O)=O)n2c(=O)[nH]c3cc(Cl)ccc32)ccc1OC. The Hall–Kier alpha value is -9.99. The molecule has 0 amide bonds. The van der Waals surface area contributed by atoms with Crippen molar-refractivity contribution >= 4 is 127 Å². The highest BCUT2D eigenvalue weighted by Crippen LogP contribution is 2.40. The van der Waals surface area contributed by atoms with Gasteiger partial charge in [-0.2, -0.15) is 13.2 Å². The molecule has 0 aliphatic rings. The maximum absolute atomic E-state index is 14.7. The number of rotatable bonds is 28. The molecule has 0 aliphatic heterocycles. The largest absolute Gasteiger partial charge is 0.493 e. The lowest BCUT2D eigenvalue weighted by atomic mass is 10.1. The number of sulfone groups is 4. The molecule has 0 spiro atoms. The molecule has 0 aliphatic carbocycles. The van der Waals surface area contributed by atoms with Gasteiger partial charge in [-0.05, 0) is 165 Å². The van der Waals surface area contributed by atoms with Crippen LogP contribution in [0.4, 0.5) is 17.6 Å². The van der Waals surface area contributed by atoms with Crippen LogP contribution < -0.4 is 60.7 Å². The zero-order valence-corrected chi connectivity index (χ0v) is 71.7. The van der Waals surface area contributed by atoms with E-state index in [1.807, 2.05) is 19.9 Å². The number of aromatic nitrogens is 8. The number of alkyl halides is 3. The van der Waals surface area contributed by atoms with Gasteiger partial charge in [0.1, 0.15) is 50.7 Å². The van der Waals surface area contributed by atoms with E-state index < -0.39 is 110 Å². The monoisotopic (exact) mass is 1840 g/mol. The Balaban J connectivity index is 0.000000177. The van der Waals surface area contributed by atoms with Crippen LogP contribution in [0.25, 0.3) is 44.1 Å². The Morgan fingerprint density at radius 2 is 0.672 bits per heavy atom. The minimum atomic E-state index is -4.58. The van der Waals surface area contributed by atoms with Crippen molar-refractivity contribution in [2.45, 2.75) is 58.0 Å². The van der Waals surface area contributed by atoms with Crippen LogP contribution in [0.2, 0.25) is 5.02 Å². The Labute approximate surface area is 685 Å². The summed E-state index contributed by atoms with van der Waals surface area (Å²) in [5, 5.41) is 0.476. The summed E-state index contributed by atoms with van der Waals surface area (Å²) < 4.78 is 201. The highest BCUT2D eigenvalue weighted by atomic mass is 79.9. The van der Waals surface area contributed by atoms with Gasteiger partial charge in [-0.25, -0.2) is 57.2 Å². The van der Waals surface area contributed by atoms with Crippen molar-refractivity contribution < 1.29 is 89.1 Å². The van der Waals surface area contributed by atoms with Crippen molar-refractivity contribution in [1.29, 1.82) is 0 Å². The van der Waals surface area contributed by atoms with E-state index in [0.717, 1.165) is 56.8 Å². The molecule has 12 rings (SSSR count). The topological polar surface area (TPSA) is 362 Å². The van der Waals surface area contributed by atoms with Gasteiger partial charge in [0.25, 0.3) is 0 Å². The fourth-order valence-corrected chi connectivity index (χ4v) is 17.6. The second-order valence-electron chi connectivity index (χ2n) is 26.3. The summed E-state index contributed by atoms with van der Waals surface area (Å²) in [7, 11) is -7.89. The van der Waals surface area contributed by atoms with Gasteiger partial charge in [0.05, 0.1) is 146 Å². The van der Waals surface area contributed by atoms with Crippen LogP contribution in [0.15, 0.2) is 168 Å². The first-order valence-electron chi connectivity index (χ1n) is 35.2. The number of nitrogens with one attached hydrogen (secondary N) is 4. The number of hydrogen-bond donors (Lipinski definition) is 4. The van der Waals surface area contributed by atoms with Crippen molar-refractivity contribution in [3.63, 3.8) is 0 Å². The molecule has 4 aromatic heterocycles. The van der Waals surface area contributed by atoms with Gasteiger partial charge >= 0.3 is 28.9 Å². The van der Waals surface area contributed by atoms with E-state index in [-0.39, 0.29) is 39.3 Å². The molecule has 0 saturated heterocycles. The molecule has 0 radical (unpaired) electrons. The third kappa shape index (κ3) is 22.2. The molecule has 116 heavy (non-hydrogen) atoms. The van der Waals surface area contributed by atoms with E-state index in [9.17, 15) is 70.4 Å². The number of methoxy groups -OCH3 is 4. The van der Waals surface area contributed by atoms with Gasteiger partial charge in [-0.1, -0.05) is 67.7 Å². The summed E-state index contributed by atoms with van der Waals surface area (Å²) >= 11 is 12.6. The Morgan fingerprint density at radius 3 is 1.00 bits per heavy atom. The Kier molecular flexibility index (Phi) is 29.1. The molecule has 0 bridgehead atoms. The number of hydrogen-bond acceptors (Lipinski definition) is 20. The van der Waals surface area contributed by atoms with Crippen LogP contribution in [0.5, 0.6) is 46.0 Å². The quantitative estimate of drug-likeness (QED) is 0.0331. The summed E-state index contributed by atoms with van der Waals surface area (Å²) in [6.07, 6.45) is -0.191. The van der Waals surface area contributed by atoms with E-state index in [0.29, 0.717) is 126 Å². The van der Waals surface area contributed by atoms with E-state index in [2.05, 4.69) is 51.8 Å². The summed E-state index contributed by atoms with van der Waals surface area (Å²) in [6.45, 7) is 8.80. The minimum Gasteiger partial charge on any atom is -0.493 e. The molecule has 39 heteroatoms. The Morgan fingerprint density at radius 1 is 0.379 bits per heavy atom. The maximum Gasteiger partial charge on any atom is 0.416 e. The van der Waals surface area contributed by atoms with Gasteiger partial charge in [0, 0.05) is 39.0 Å². The third-order valence-electron chi connectivity index (χ3n) is 17.7. The van der Waals surface area contributed by atoms with Crippen LogP contribution >= 0.6 is 43.5 Å². The summed E-state index contributed by atoms with van der Waals surface area (Å²) in [5.41, 5.74) is 1.83. The number of imidazole rings is 4. The summed E-state index contributed by atoms with van der Waals surface area (Å²) in [5.74, 6) is 1.73. The highest BCUT2D eigenvalue weighted by molar-refractivity contribution is 9.10. The Bertz CT molecular complexity index is 6160.